The summed E-state index contributed by atoms with van der Waals surface area (Å²) in [5, 5.41) is 12.8. The van der Waals surface area contributed by atoms with Crippen molar-refractivity contribution in [1.82, 2.24) is 5.32 Å². The van der Waals surface area contributed by atoms with E-state index in [1.54, 1.807) is 6.07 Å². The third-order valence-corrected chi connectivity index (χ3v) is 6.49. The summed E-state index contributed by atoms with van der Waals surface area (Å²) < 4.78 is 42.6. The minimum Gasteiger partial charge on any atom is -0.494 e. The van der Waals surface area contributed by atoms with Gasteiger partial charge in [0.1, 0.15) is 17.4 Å². The lowest BCUT2D eigenvalue weighted by Gasteiger charge is -2.37. The number of carbonyl (C=O) groups excluding carboxylic acids is 1. The van der Waals surface area contributed by atoms with Crippen LogP contribution in [0.5, 0.6) is 5.75 Å². The molecule has 1 N–H and O–H groups in total. The van der Waals surface area contributed by atoms with Crippen molar-refractivity contribution < 1.29 is 22.7 Å². The highest BCUT2D eigenvalue weighted by Gasteiger charge is 2.45. The van der Waals surface area contributed by atoms with Crippen molar-refractivity contribution in [3.8, 4) is 11.8 Å². The number of rotatable bonds is 6. The van der Waals surface area contributed by atoms with Crippen molar-refractivity contribution in [3.05, 3.63) is 64.7 Å². The number of alkyl halides is 3. The minimum absolute atomic E-state index is 0.0124. The topological polar surface area (TPSA) is 65.4 Å². The quantitative estimate of drug-likeness (QED) is 0.597. The number of carbonyl (C=O) groups is 1. The van der Waals surface area contributed by atoms with E-state index in [9.17, 15) is 23.2 Å². The first-order chi connectivity index (χ1) is 16.1. The van der Waals surface area contributed by atoms with Crippen LogP contribution in [0.1, 0.15) is 42.4 Å². The van der Waals surface area contributed by atoms with Crippen LogP contribution in [0.3, 0.4) is 0 Å². The van der Waals surface area contributed by atoms with Crippen LogP contribution in [0.25, 0.3) is 5.57 Å². The summed E-state index contributed by atoms with van der Waals surface area (Å²) in [6.07, 6.45) is -3.31. The average molecular weight is 470 g/mol. The van der Waals surface area contributed by atoms with Gasteiger partial charge in [-0.1, -0.05) is 18.2 Å². The molecule has 8 heteroatoms. The molecule has 0 radical (unpaired) electrons. The molecule has 2 aliphatic rings. The van der Waals surface area contributed by atoms with Crippen LogP contribution in [-0.2, 0) is 16.8 Å². The fraction of sp³-hybridized carbons (Fsp3) is 0.385. The van der Waals surface area contributed by atoms with E-state index < -0.39 is 18.1 Å². The number of aryl methyl sites for hydroxylation is 1. The van der Waals surface area contributed by atoms with Gasteiger partial charge in [-0.15, -0.1) is 0 Å². The maximum Gasteiger partial charge on any atom is 0.389 e. The van der Waals surface area contributed by atoms with Crippen LogP contribution in [0.2, 0.25) is 0 Å². The Morgan fingerprint density at radius 3 is 2.56 bits per heavy atom. The van der Waals surface area contributed by atoms with Gasteiger partial charge in [-0.25, -0.2) is 0 Å². The fourth-order valence-electron chi connectivity index (χ4n) is 4.77. The zero-order chi connectivity index (χ0) is 24.5. The Labute approximate surface area is 196 Å². The number of hydrogen-bond acceptors (Lipinski definition) is 4. The van der Waals surface area contributed by atoms with E-state index >= 15 is 0 Å². The highest BCUT2D eigenvalue weighted by atomic mass is 19.4. The van der Waals surface area contributed by atoms with Gasteiger partial charge in [0.25, 0.3) is 5.91 Å². The van der Waals surface area contributed by atoms with Gasteiger partial charge in [0.05, 0.1) is 12.1 Å². The smallest absolute Gasteiger partial charge is 0.389 e. The van der Waals surface area contributed by atoms with Crippen LogP contribution in [0.4, 0.5) is 18.9 Å². The molecule has 1 heterocycles. The van der Waals surface area contributed by atoms with Crippen molar-refractivity contribution >= 4 is 17.2 Å². The van der Waals surface area contributed by atoms with E-state index in [0.717, 1.165) is 28.0 Å². The first kappa shape index (κ1) is 23.7. The average Bonchev–Trinajstić information content (AvgIpc) is 3.12. The molecule has 0 aromatic heterocycles. The van der Waals surface area contributed by atoms with E-state index in [1.807, 2.05) is 55.4 Å². The van der Waals surface area contributed by atoms with Gasteiger partial charge in [0.15, 0.2) is 0 Å². The largest absolute Gasteiger partial charge is 0.494 e. The third kappa shape index (κ3) is 4.74. The van der Waals surface area contributed by atoms with Crippen LogP contribution in [0.15, 0.2) is 48.0 Å². The number of hydrogen-bond donors (Lipinski definition) is 1. The number of fused-ring (bicyclic) bond motifs is 2. The summed E-state index contributed by atoms with van der Waals surface area (Å²) in [6.45, 7) is -0.0124. The molecule has 1 aliphatic carbocycles. The van der Waals surface area contributed by atoms with Crippen LogP contribution in [-0.4, -0.2) is 32.8 Å². The summed E-state index contributed by atoms with van der Waals surface area (Å²) in [7, 11) is 3.89. The second-order valence-corrected chi connectivity index (χ2v) is 9.01. The molecule has 0 bridgehead atoms. The van der Waals surface area contributed by atoms with Gasteiger partial charge >= 0.3 is 6.18 Å². The molecule has 1 unspecified atom stereocenters. The molecule has 4 rings (SSSR count). The van der Waals surface area contributed by atoms with Crippen molar-refractivity contribution in [2.45, 2.75) is 43.8 Å². The van der Waals surface area contributed by atoms with E-state index in [-0.39, 0.29) is 24.5 Å². The van der Waals surface area contributed by atoms with Crippen molar-refractivity contribution in [3.63, 3.8) is 0 Å². The molecule has 0 saturated heterocycles. The zero-order valence-corrected chi connectivity index (χ0v) is 19.1. The van der Waals surface area contributed by atoms with Crippen LogP contribution >= 0.6 is 0 Å². The highest BCUT2D eigenvalue weighted by Crippen LogP contribution is 2.47. The molecule has 1 amide bonds. The maximum atomic E-state index is 13.0. The second-order valence-electron chi connectivity index (χ2n) is 9.01. The SMILES string of the molecule is CN(C)c1ccc(C2=C(C#N)C(=O)NC3(CCc4cc(OCCCC(F)(F)F)ccc43)C2)cc1. The molecule has 2 aromatic rings. The summed E-state index contributed by atoms with van der Waals surface area (Å²) in [5.74, 6) is 0.133. The summed E-state index contributed by atoms with van der Waals surface area (Å²) in [4.78, 5) is 14.9. The summed E-state index contributed by atoms with van der Waals surface area (Å²) >= 11 is 0. The first-order valence-corrected chi connectivity index (χ1v) is 11.2. The van der Waals surface area contributed by atoms with Crippen LogP contribution < -0.4 is 15.0 Å². The minimum atomic E-state index is -4.19. The molecule has 0 saturated carbocycles. The van der Waals surface area contributed by atoms with E-state index in [1.165, 1.54) is 0 Å². The molecule has 178 valence electrons. The predicted molar refractivity (Wildman–Crippen MR) is 123 cm³/mol. The van der Waals surface area contributed by atoms with Gasteiger partial charge in [0, 0.05) is 32.6 Å². The number of halogens is 3. The molecular weight excluding hydrogens is 443 g/mol. The Bertz CT molecular complexity index is 1160. The normalized spacial score (nSPS) is 19.6. The number of nitrogens with zero attached hydrogens (tertiary/aromatic N) is 2. The molecule has 1 aliphatic heterocycles. The van der Waals surface area contributed by atoms with Crippen LogP contribution in [0, 0.1) is 11.3 Å². The van der Waals surface area contributed by atoms with Crippen molar-refractivity contribution in [2.75, 3.05) is 25.6 Å². The number of nitriles is 1. The molecule has 0 fully saturated rings. The number of nitrogens with one attached hydrogen (secondary N) is 1. The molecule has 1 spiro atoms. The van der Waals surface area contributed by atoms with E-state index in [4.69, 9.17) is 4.74 Å². The highest BCUT2D eigenvalue weighted by molar-refractivity contribution is 6.07. The number of amides is 1. The Morgan fingerprint density at radius 2 is 1.91 bits per heavy atom. The van der Waals surface area contributed by atoms with Gasteiger partial charge in [-0.3, -0.25) is 4.79 Å². The van der Waals surface area contributed by atoms with Gasteiger partial charge < -0.3 is 15.0 Å². The lowest BCUT2D eigenvalue weighted by Crippen LogP contribution is -2.48. The Balaban J connectivity index is 1.57. The lowest BCUT2D eigenvalue weighted by atomic mass is 9.78. The predicted octanol–water partition coefficient (Wildman–Crippen LogP) is 5.11. The number of benzene rings is 2. The number of ether oxygens (including phenoxy) is 1. The van der Waals surface area contributed by atoms with Crippen molar-refractivity contribution in [1.29, 1.82) is 5.26 Å². The lowest BCUT2D eigenvalue weighted by molar-refractivity contribution is -0.136. The number of anilines is 1. The van der Waals surface area contributed by atoms with E-state index in [0.29, 0.717) is 25.0 Å². The summed E-state index contributed by atoms with van der Waals surface area (Å²) in [6, 6.07) is 15.3. The first-order valence-electron chi connectivity index (χ1n) is 11.2. The Morgan fingerprint density at radius 1 is 1.18 bits per heavy atom. The molecule has 2 aromatic carbocycles. The van der Waals surface area contributed by atoms with Gasteiger partial charge in [-0.05, 0) is 65.8 Å². The van der Waals surface area contributed by atoms with Gasteiger partial charge in [0.2, 0.25) is 0 Å². The Kier molecular flexibility index (Phi) is 6.30. The fourth-order valence-corrected chi connectivity index (χ4v) is 4.77. The van der Waals surface area contributed by atoms with E-state index in [2.05, 4.69) is 11.4 Å². The molecule has 5 nitrogen and oxygen atoms in total. The Hall–Kier alpha value is -3.47. The van der Waals surface area contributed by atoms with Crippen molar-refractivity contribution in [2.24, 2.45) is 0 Å². The molecule has 1 atom stereocenters. The van der Waals surface area contributed by atoms with Gasteiger partial charge in [-0.2, -0.15) is 18.4 Å². The maximum absolute atomic E-state index is 13.0. The summed E-state index contributed by atoms with van der Waals surface area (Å²) in [5.41, 5.74) is 4.04. The zero-order valence-electron chi connectivity index (χ0n) is 19.1. The monoisotopic (exact) mass is 469 g/mol. The molecular formula is C26H26F3N3O2. The second kappa shape index (κ2) is 9.05. The third-order valence-electron chi connectivity index (χ3n) is 6.49. The standard InChI is InChI=1S/C26H26F3N3O2/c1-32(2)19-6-4-17(5-7-19)21-15-25(31-24(33)22(21)16-30)12-10-18-14-20(8-9-23(18)25)34-13-3-11-26(27,28)29/h4-9,14H,3,10-13,15H2,1-2H3,(H,31,33). The molecule has 34 heavy (non-hydrogen) atoms.